The average molecular weight is 253 g/mol. The van der Waals surface area contributed by atoms with Gasteiger partial charge in [0.25, 0.3) is 0 Å². The molecular weight excluding hydrogens is 230 g/mol. The SMILES string of the molecule is CC(C)CNc1nc(C2CCCC(C)C2)ns1. The summed E-state index contributed by atoms with van der Waals surface area (Å²) < 4.78 is 4.52. The standard InChI is InChI=1S/C13H23N3S/c1-9(2)8-14-13-15-12(16-17-13)11-6-4-5-10(3)7-11/h9-11H,4-8H2,1-3H3,(H,14,15,16). The monoisotopic (exact) mass is 253 g/mol. The molecule has 0 spiro atoms. The van der Waals surface area contributed by atoms with Gasteiger partial charge >= 0.3 is 0 Å². The fourth-order valence-corrected chi connectivity index (χ4v) is 3.08. The zero-order valence-electron chi connectivity index (χ0n) is 11.1. The van der Waals surface area contributed by atoms with Crippen molar-refractivity contribution in [1.82, 2.24) is 9.36 Å². The molecule has 1 fully saturated rings. The van der Waals surface area contributed by atoms with Crippen LogP contribution in [0.3, 0.4) is 0 Å². The molecular formula is C13H23N3S. The van der Waals surface area contributed by atoms with E-state index in [1.165, 1.54) is 37.2 Å². The molecule has 96 valence electrons. The van der Waals surface area contributed by atoms with Crippen molar-refractivity contribution in [3.63, 3.8) is 0 Å². The first kappa shape index (κ1) is 12.8. The zero-order chi connectivity index (χ0) is 12.3. The van der Waals surface area contributed by atoms with Gasteiger partial charge in [-0.05, 0) is 24.7 Å². The molecule has 0 aromatic carbocycles. The van der Waals surface area contributed by atoms with Gasteiger partial charge in [0, 0.05) is 24.0 Å². The van der Waals surface area contributed by atoms with Gasteiger partial charge in [0.05, 0.1) is 0 Å². The number of aromatic nitrogens is 2. The maximum absolute atomic E-state index is 4.64. The summed E-state index contributed by atoms with van der Waals surface area (Å²) in [7, 11) is 0. The first-order chi connectivity index (χ1) is 8.15. The highest BCUT2D eigenvalue weighted by Crippen LogP contribution is 2.35. The van der Waals surface area contributed by atoms with E-state index in [2.05, 4.69) is 35.4 Å². The van der Waals surface area contributed by atoms with Gasteiger partial charge in [0.2, 0.25) is 5.13 Å². The van der Waals surface area contributed by atoms with Crippen LogP contribution in [0.15, 0.2) is 0 Å². The summed E-state index contributed by atoms with van der Waals surface area (Å²) >= 11 is 1.51. The van der Waals surface area contributed by atoms with Crippen molar-refractivity contribution in [2.45, 2.75) is 52.4 Å². The third kappa shape index (κ3) is 3.66. The minimum atomic E-state index is 0.601. The normalized spacial score (nSPS) is 25.2. The van der Waals surface area contributed by atoms with E-state index in [9.17, 15) is 0 Å². The summed E-state index contributed by atoms with van der Waals surface area (Å²) in [6.45, 7) is 7.74. The Hall–Kier alpha value is -0.640. The van der Waals surface area contributed by atoms with Crippen LogP contribution in [0, 0.1) is 11.8 Å². The van der Waals surface area contributed by atoms with Crippen molar-refractivity contribution in [1.29, 1.82) is 0 Å². The van der Waals surface area contributed by atoms with Crippen LogP contribution in [0.2, 0.25) is 0 Å². The van der Waals surface area contributed by atoms with Crippen molar-refractivity contribution in [2.24, 2.45) is 11.8 Å². The molecule has 1 aliphatic carbocycles. The summed E-state index contributed by atoms with van der Waals surface area (Å²) in [5.41, 5.74) is 0. The first-order valence-corrected chi connectivity index (χ1v) is 7.50. The molecule has 1 aromatic rings. The van der Waals surface area contributed by atoms with Gasteiger partial charge in [-0.3, -0.25) is 0 Å². The van der Waals surface area contributed by atoms with Gasteiger partial charge < -0.3 is 5.32 Å². The molecule has 0 radical (unpaired) electrons. The highest BCUT2D eigenvalue weighted by atomic mass is 32.1. The van der Waals surface area contributed by atoms with Crippen LogP contribution in [-0.2, 0) is 0 Å². The van der Waals surface area contributed by atoms with Crippen LogP contribution >= 0.6 is 11.5 Å². The molecule has 2 unspecified atom stereocenters. The summed E-state index contributed by atoms with van der Waals surface area (Å²) in [6.07, 6.45) is 5.24. The van der Waals surface area contributed by atoms with Crippen molar-refractivity contribution >= 4 is 16.7 Å². The lowest BCUT2D eigenvalue weighted by Gasteiger charge is -2.24. The smallest absolute Gasteiger partial charge is 0.202 e. The predicted octanol–water partition coefficient (Wildman–Crippen LogP) is 3.90. The van der Waals surface area contributed by atoms with Crippen LogP contribution in [0.1, 0.15) is 58.2 Å². The molecule has 1 aromatic heterocycles. The second kappa shape index (κ2) is 5.80. The maximum atomic E-state index is 4.64. The third-order valence-electron chi connectivity index (χ3n) is 3.40. The summed E-state index contributed by atoms with van der Waals surface area (Å²) in [4.78, 5) is 4.64. The van der Waals surface area contributed by atoms with Crippen LogP contribution in [0.5, 0.6) is 0 Å². The van der Waals surface area contributed by atoms with Gasteiger partial charge in [-0.25, -0.2) is 4.98 Å². The highest BCUT2D eigenvalue weighted by molar-refractivity contribution is 7.09. The average Bonchev–Trinajstić information content (AvgIpc) is 2.75. The number of anilines is 1. The topological polar surface area (TPSA) is 37.8 Å². The second-order valence-corrected chi connectivity index (χ2v) is 6.45. The fourth-order valence-electron chi connectivity index (χ4n) is 2.43. The summed E-state index contributed by atoms with van der Waals surface area (Å²) in [6, 6.07) is 0. The van der Waals surface area contributed by atoms with Crippen LogP contribution < -0.4 is 5.32 Å². The Morgan fingerprint density at radius 3 is 2.94 bits per heavy atom. The Kier molecular flexibility index (Phi) is 4.37. The largest absolute Gasteiger partial charge is 0.360 e. The molecule has 1 heterocycles. The van der Waals surface area contributed by atoms with Crippen LogP contribution in [0.4, 0.5) is 5.13 Å². The molecule has 0 amide bonds. The van der Waals surface area contributed by atoms with E-state index in [1.54, 1.807) is 0 Å². The molecule has 0 aliphatic heterocycles. The lowest BCUT2D eigenvalue weighted by Crippen LogP contribution is -2.13. The second-order valence-electron chi connectivity index (χ2n) is 5.70. The van der Waals surface area contributed by atoms with Gasteiger partial charge in [0.15, 0.2) is 0 Å². The predicted molar refractivity (Wildman–Crippen MR) is 73.6 cm³/mol. The fraction of sp³-hybridized carbons (Fsp3) is 0.846. The maximum Gasteiger partial charge on any atom is 0.202 e. The molecule has 2 rings (SSSR count). The van der Waals surface area contributed by atoms with E-state index in [0.29, 0.717) is 11.8 Å². The lowest BCUT2D eigenvalue weighted by atomic mass is 9.82. The van der Waals surface area contributed by atoms with E-state index in [4.69, 9.17) is 0 Å². The summed E-state index contributed by atoms with van der Waals surface area (Å²) in [5, 5.41) is 4.35. The molecule has 1 aliphatic rings. The molecule has 1 saturated carbocycles. The van der Waals surface area contributed by atoms with E-state index in [1.807, 2.05) is 0 Å². The molecule has 3 nitrogen and oxygen atoms in total. The van der Waals surface area contributed by atoms with Crippen LogP contribution in [0.25, 0.3) is 0 Å². The quantitative estimate of drug-likeness (QED) is 0.884. The molecule has 4 heteroatoms. The summed E-state index contributed by atoms with van der Waals surface area (Å²) in [5.74, 6) is 3.17. The van der Waals surface area contributed by atoms with Crippen molar-refractivity contribution in [3.8, 4) is 0 Å². The van der Waals surface area contributed by atoms with Crippen LogP contribution in [-0.4, -0.2) is 15.9 Å². The molecule has 1 N–H and O–H groups in total. The van der Waals surface area contributed by atoms with Gasteiger partial charge in [-0.15, -0.1) is 0 Å². The van der Waals surface area contributed by atoms with E-state index in [0.717, 1.165) is 23.4 Å². The van der Waals surface area contributed by atoms with E-state index in [-0.39, 0.29) is 0 Å². The Morgan fingerprint density at radius 2 is 2.24 bits per heavy atom. The van der Waals surface area contributed by atoms with Crippen molar-refractivity contribution < 1.29 is 0 Å². The van der Waals surface area contributed by atoms with Gasteiger partial charge in [-0.2, -0.15) is 4.37 Å². The minimum absolute atomic E-state index is 0.601. The Labute approximate surface area is 108 Å². The first-order valence-electron chi connectivity index (χ1n) is 6.72. The Balaban J connectivity index is 1.92. The number of hydrogen-bond donors (Lipinski definition) is 1. The van der Waals surface area contributed by atoms with Crippen molar-refractivity contribution in [3.05, 3.63) is 5.82 Å². The third-order valence-corrected chi connectivity index (χ3v) is 4.09. The molecule has 0 bridgehead atoms. The van der Waals surface area contributed by atoms with E-state index >= 15 is 0 Å². The molecule has 2 atom stereocenters. The number of rotatable bonds is 4. The van der Waals surface area contributed by atoms with Gasteiger partial charge in [0.1, 0.15) is 5.82 Å². The van der Waals surface area contributed by atoms with Gasteiger partial charge in [-0.1, -0.05) is 33.6 Å². The molecule has 17 heavy (non-hydrogen) atoms. The minimum Gasteiger partial charge on any atom is -0.360 e. The number of nitrogens with one attached hydrogen (secondary N) is 1. The van der Waals surface area contributed by atoms with Crippen molar-refractivity contribution in [2.75, 3.05) is 11.9 Å². The zero-order valence-corrected chi connectivity index (χ0v) is 11.9. The highest BCUT2D eigenvalue weighted by Gasteiger charge is 2.23. The Morgan fingerprint density at radius 1 is 1.41 bits per heavy atom. The molecule has 0 saturated heterocycles. The van der Waals surface area contributed by atoms with E-state index < -0.39 is 0 Å². The lowest BCUT2D eigenvalue weighted by molar-refractivity contribution is 0.337. The number of hydrogen-bond acceptors (Lipinski definition) is 4. The number of nitrogens with zero attached hydrogens (tertiary/aromatic N) is 2. The Bertz CT molecular complexity index is 348.